The molecule has 0 spiro atoms. The van der Waals surface area contributed by atoms with Crippen LogP contribution in [0.25, 0.3) is 5.78 Å². The third-order valence-electron chi connectivity index (χ3n) is 8.71. The highest BCUT2D eigenvalue weighted by atomic mass is 16.5. The minimum absolute atomic E-state index is 0.106. The summed E-state index contributed by atoms with van der Waals surface area (Å²) in [6, 6.07) is 9.10. The number of hydrogen-bond donors (Lipinski definition) is 0. The predicted octanol–water partition coefficient (Wildman–Crippen LogP) is 4.23. The van der Waals surface area contributed by atoms with Crippen LogP contribution in [0.3, 0.4) is 0 Å². The molecule has 3 fully saturated rings. The molecule has 0 bridgehead atoms. The molecule has 1 aliphatic carbocycles. The van der Waals surface area contributed by atoms with Gasteiger partial charge < -0.3 is 19.3 Å². The van der Waals surface area contributed by atoms with Gasteiger partial charge in [-0.05, 0) is 76.5 Å². The molecule has 3 aromatic rings. The van der Waals surface area contributed by atoms with Crippen molar-refractivity contribution in [2.45, 2.75) is 71.3 Å². The molecule has 208 valence electrons. The van der Waals surface area contributed by atoms with Gasteiger partial charge in [0.15, 0.2) is 5.75 Å². The van der Waals surface area contributed by atoms with Gasteiger partial charge in [0.25, 0.3) is 5.78 Å². The van der Waals surface area contributed by atoms with Gasteiger partial charge in [-0.25, -0.2) is 4.98 Å². The topological polar surface area (TPSA) is 85.1 Å². The zero-order valence-corrected chi connectivity index (χ0v) is 23.4. The number of fused-ring (bicyclic) bond motifs is 1. The number of ether oxygens (including phenoxy) is 2. The fourth-order valence-corrected chi connectivity index (χ4v) is 6.51. The van der Waals surface area contributed by atoms with Gasteiger partial charge in [-0.2, -0.15) is 9.50 Å². The predicted molar refractivity (Wildman–Crippen MR) is 149 cm³/mol. The summed E-state index contributed by atoms with van der Waals surface area (Å²) < 4.78 is 13.8. The molecule has 2 aliphatic heterocycles. The van der Waals surface area contributed by atoms with Crippen LogP contribution in [-0.2, 0) is 9.53 Å². The molecule has 6 rings (SSSR count). The van der Waals surface area contributed by atoms with Gasteiger partial charge >= 0.3 is 0 Å². The van der Waals surface area contributed by atoms with Crippen molar-refractivity contribution >= 4 is 17.4 Å². The Kier molecular flexibility index (Phi) is 7.42. The van der Waals surface area contributed by atoms with Crippen LogP contribution in [0.4, 0.5) is 5.69 Å². The molecule has 2 saturated heterocycles. The SMILES string of the molecule is Cc1nc2nc(C)c(O[C@@H]3CCN(c4ccc([C@H]5CC[C@H](C(=O)N6CCCOCC6)CC5)cc4)C3)c(C)n2n1. The summed E-state index contributed by atoms with van der Waals surface area (Å²) in [4.78, 5) is 26.5. The van der Waals surface area contributed by atoms with Crippen LogP contribution in [-0.4, -0.2) is 75.9 Å². The van der Waals surface area contributed by atoms with Gasteiger partial charge in [-0.1, -0.05) is 12.1 Å². The number of nitrogens with zero attached hydrogens (tertiary/aromatic N) is 6. The fraction of sp³-hybridized carbons (Fsp3) is 0.600. The molecule has 0 N–H and O–H groups in total. The molecule has 1 amide bonds. The lowest BCUT2D eigenvalue weighted by atomic mass is 9.78. The van der Waals surface area contributed by atoms with Crippen molar-refractivity contribution in [3.05, 3.63) is 47.0 Å². The number of rotatable bonds is 5. The lowest BCUT2D eigenvalue weighted by Crippen LogP contribution is -2.39. The minimum atomic E-state index is 0.106. The summed E-state index contributed by atoms with van der Waals surface area (Å²) in [7, 11) is 0. The Morgan fingerprint density at radius 1 is 0.949 bits per heavy atom. The Hall–Kier alpha value is -3.20. The molecular weight excluding hydrogens is 492 g/mol. The van der Waals surface area contributed by atoms with Crippen LogP contribution >= 0.6 is 0 Å². The maximum absolute atomic E-state index is 13.0. The number of carbonyl (C=O) groups is 1. The van der Waals surface area contributed by atoms with Crippen LogP contribution in [0, 0.1) is 26.7 Å². The number of amides is 1. The van der Waals surface area contributed by atoms with E-state index in [0.29, 0.717) is 30.0 Å². The minimum Gasteiger partial charge on any atom is -0.485 e. The summed E-state index contributed by atoms with van der Waals surface area (Å²) >= 11 is 0. The second-order valence-electron chi connectivity index (χ2n) is 11.4. The molecule has 1 atom stereocenters. The first kappa shape index (κ1) is 26.0. The lowest BCUT2D eigenvalue weighted by molar-refractivity contribution is -0.136. The van der Waals surface area contributed by atoms with E-state index >= 15 is 0 Å². The third kappa shape index (κ3) is 5.46. The van der Waals surface area contributed by atoms with Crippen molar-refractivity contribution < 1.29 is 14.3 Å². The standard InChI is InChI=1S/C30H40N6O3/c1-20-28(21(2)36-30(31-20)32-22(3)33-36)39-27-13-15-35(19-27)26-11-9-24(10-12-26)23-5-7-25(8-6-23)29(37)34-14-4-17-38-18-16-34/h9-12,23,25,27H,4-8,13-19H2,1-3H3/t23-,25-,27-/m1/s1. The van der Waals surface area contributed by atoms with E-state index in [2.05, 4.69) is 44.2 Å². The van der Waals surface area contributed by atoms with Crippen molar-refractivity contribution in [1.29, 1.82) is 0 Å². The van der Waals surface area contributed by atoms with E-state index in [0.717, 1.165) is 88.4 Å². The third-order valence-corrected chi connectivity index (χ3v) is 8.71. The first-order chi connectivity index (χ1) is 19.0. The number of hydrogen-bond acceptors (Lipinski definition) is 7. The molecular formula is C30H40N6O3. The van der Waals surface area contributed by atoms with E-state index in [4.69, 9.17) is 9.47 Å². The number of aromatic nitrogens is 4. The smallest absolute Gasteiger partial charge is 0.253 e. The van der Waals surface area contributed by atoms with E-state index in [-0.39, 0.29) is 12.0 Å². The molecule has 1 saturated carbocycles. The Morgan fingerprint density at radius 2 is 1.74 bits per heavy atom. The Labute approximate surface area is 230 Å². The number of anilines is 1. The van der Waals surface area contributed by atoms with Crippen LogP contribution in [0.2, 0.25) is 0 Å². The first-order valence-electron chi connectivity index (χ1n) is 14.5. The van der Waals surface area contributed by atoms with E-state index in [9.17, 15) is 4.79 Å². The van der Waals surface area contributed by atoms with E-state index < -0.39 is 0 Å². The number of aryl methyl sites for hydroxylation is 3. The van der Waals surface area contributed by atoms with Crippen LogP contribution in [0.15, 0.2) is 24.3 Å². The van der Waals surface area contributed by atoms with Crippen molar-refractivity contribution in [3.63, 3.8) is 0 Å². The molecule has 4 heterocycles. The molecule has 9 nitrogen and oxygen atoms in total. The maximum Gasteiger partial charge on any atom is 0.253 e. The van der Waals surface area contributed by atoms with Crippen LogP contribution < -0.4 is 9.64 Å². The Balaban J connectivity index is 1.03. The zero-order chi connectivity index (χ0) is 26.9. The second kappa shape index (κ2) is 11.1. The van der Waals surface area contributed by atoms with E-state index in [1.165, 1.54) is 11.3 Å². The normalized spacial score (nSPS) is 24.2. The molecule has 0 radical (unpaired) electrons. The highest BCUT2D eigenvalue weighted by Gasteiger charge is 2.31. The quantitative estimate of drug-likeness (QED) is 0.486. The Bertz CT molecular complexity index is 1310. The lowest BCUT2D eigenvalue weighted by Gasteiger charge is -2.32. The first-order valence-corrected chi connectivity index (χ1v) is 14.5. The summed E-state index contributed by atoms with van der Waals surface area (Å²) in [5.74, 6) is 3.21. The average molecular weight is 533 g/mol. The van der Waals surface area contributed by atoms with Gasteiger partial charge in [0.05, 0.1) is 24.5 Å². The van der Waals surface area contributed by atoms with E-state index in [1.54, 1.807) is 4.52 Å². The van der Waals surface area contributed by atoms with Gasteiger partial charge in [0.2, 0.25) is 5.91 Å². The molecule has 1 aromatic carbocycles. The number of benzene rings is 1. The summed E-state index contributed by atoms with van der Waals surface area (Å²) in [5.41, 5.74) is 4.43. The molecule has 39 heavy (non-hydrogen) atoms. The monoisotopic (exact) mass is 532 g/mol. The summed E-state index contributed by atoms with van der Waals surface area (Å²) in [6.07, 6.45) is 6.17. The summed E-state index contributed by atoms with van der Waals surface area (Å²) in [5, 5.41) is 4.46. The molecule has 3 aliphatic rings. The molecule has 9 heteroatoms. The zero-order valence-electron chi connectivity index (χ0n) is 23.4. The largest absolute Gasteiger partial charge is 0.485 e. The van der Waals surface area contributed by atoms with Crippen LogP contribution in [0.1, 0.15) is 67.2 Å². The van der Waals surface area contributed by atoms with Gasteiger partial charge in [0, 0.05) is 44.3 Å². The highest BCUT2D eigenvalue weighted by molar-refractivity contribution is 5.79. The van der Waals surface area contributed by atoms with Gasteiger partial charge in [-0.3, -0.25) is 4.79 Å². The van der Waals surface area contributed by atoms with Crippen LogP contribution in [0.5, 0.6) is 5.75 Å². The summed E-state index contributed by atoms with van der Waals surface area (Å²) in [6.45, 7) is 10.7. The van der Waals surface area contributed by atoms with Crippen molar-refractivity contribution in [3.8, 4) is 5.75 Å². The second-order valence-corrected chi connectivity index (χ2v) is 11.4. The van der Waals surface area contributed by atoms with Gasteiger partial charge in [0.1, 0.15) is 11.9 Å². The molecule has 0 unspecified atom stereocenters. The molecule has 2 aromatic heterocycles. The van der Waals surface area contributed by atoms with Crippen molar-refractivity contribution in [2.24, 2.45) is 5.92 Å². The van der Waals surface area contributed by atoms with Crippen molar-refractivity contribution in [1.82, 2.24) is 24.5 Å². The van der Waals surface area contributed by atoms with E-state index in [1.807, 2.05) is 25.7 Å². The van der Waals surface area contributed by atoms with Gasteiger partial charge in [-0.15, -0.1) is 5.10 Å². The number of carbonyl (C=O) groups excluding carboxylic acids is 1. The van der Waals surface area contributed by atoms with Crippen molar-refractivity contribution in [2.75, 3.05) is 44.3 Å². The average Bonchev–Trinajstić information content (AvgIpc) is 3.47. The maximum atomic E-state index is 13.0. The Morgan fingerprint density at radius 3 is 2.54 bits per heavy atom. The highest BCUT2D eigenvalue weighted by Crippen LogP contribution is 2.37. The fourth-order valence-electron chi connectivity index (χ4n) is 6.51.